The van der Waals surface area contributed by atoms with E-state index in [1.54, 1.807) is 28.3 Å². The lowest BCUT2D eigenvalue weighted by Crippen LogP contribution is -2.16. The molecule has 0 unspecified atom stereocenters. The molecule has 0 aliphatic heterocycles. The maximum atomic E-state index is 12.1. The van der Waals surface area contributed by atoms with Crippen LogP contribution in [-0.2, 0) is 14.3 Å². The van der Waals surface area contributed by atoms with Gasteiger partial charge < -0.3 is 4.18 Å². The van der Waals surface area contributed by atoms with Gasteiger partial charge in [-0.1, -0.05) is 38.5 Å². The first-order valence-corrected chi connectivity index (χ1v) is 8.14. The third kappa shape index (κ3) is 3.98. The minimum atomic E-state index is -3.74. The van der Waals surface area contributed by atoms with Crippen LogP contribution in [0.5, 0.6) is 0 Å². The summed E-state index contributed by atoms with van der Waals surface area (Å²) in [7, 11) is -3.74. The zero-order chi connectivity index (χ0) is 14.0. The Labute approximate surface area is 123 Å². The maximum absolute atomic E-state index is 12.1. The molecule has 0 heterocycles. The summed E-state index contributed by atoms with van der Waals surface area (Å²) in [6.45, 7) is 7.62. The van der Waals surface area contributed by atoms with Crippen molar-refractivity contribution in [1.29, 1.82) is 0 Å². The van der Waals surface area contributed by atoms with Gasteiger partial charge in [-0.25, -0.2) is 0 Å². The molecular weight excluding hydrogens is 363 g/mol. The molecule has 18 heavy (non-hydrogen) atoms. The van der Waals surface area contributed by atoms with Crippen LogP contribution in [0.25, 0.3) is 0 Å². The largest absolute Gasteiger partial charge is 0.382 e. The van der Waals surface area contributed by atoms with Crippen LogP contribution in [-0.4, -0.2) is 8.42 Å². The zero-order valence-electron chi connectivity index (χ0n) is 10.9. The lowest BCUT2D eigenvalue weighted by atomic mass is 9.95. The summed E-state index contributed by atoms with van der Waals surface area (Å²) in [6, 6.07) is 6.61. The van der Waals surface area contributed by atoms with Crippen LogP contribution in [0.1, 0.15) is 26.3 Å². The fraction of sp³-hybridized carbons (Fsp3) is 0.385. The number of aryl methyl sites for hydroxylation is 1. The Balaban J connectivity index is 3.06. The predicted molar refractivity (Wildman–Crippen MR) is 81.0 cm³/mol. The normalized spacial score (nSPS) is 13.5. The molecule has 0 aliphatic rings. The minimum absolute atomic E-state index is 0.174. The van der Waals surface area contributed by atoms with Gasteiger partial charge in [0.15, 0.2) is 0 Å². The highest BCUT2D eigenvalue weighted by Gasteiger charge is 2.25. The molecule has 5 heteroatoms. The Bertz CT molecular complexity index is 537. The molecule has 0 radical (unpaired) electrons. The SMILES string of the molecule is Cc1ccc(S(=O)(=O)O/C(=C/I)C(C)(C)C)cc1. The number of benzene rings is 1. The van der Waals surface area contributed by atoms with Gasteiger partial charge in [0, 0.05) is 9.50 Å². The van der Waals surface area contributed by atoms with E-state index in [0.717, 1.165) is 5.56 Å². The van der Waals surface area contributed by atoms with Crippen LogP contribution in [0.2, 0.25) is 0 Å². The van der Waals surface area contributed by atoms with Gasteiger partial charge in [-0.2, -0.15) is 8.42 Å². The van der Waals surface area contributed by atoms with Gasteiger partial charge in [0.05, 0.1) is 0 Å². The van der Waals surface area contributed by atoms with Crippen molar-refractivity contribution >= 4 is 32.7 Å². The van der Waals surface area contributed by atoms with Crippen molar-refractivity contribution in [2.24, 2.45) is 5.41 Å². The monoisotopic (exact) mass is 380 g/mol. The number of allylic oxidation sites excluding steroid dienone is 1. The zero-order valence-corrected chi connectivity index (χ0v) is 13.9. The standard InChI is InChI=1S/C13H17IO3S/c1-10-5-7-11(8-6-10)18(15,16)17-12(9-14)13(2,3)4/h5-9H,1-4H3/b12-9+. The van der Waals surface area contributed by atoms with E-state index >= 15 is 0 Å². The highest BCUT2D eigenvalue weighted by Crippen LogP contribution is 2.30. The maximum Gasteiger partial charge on any atom is 0.338 e. The Hall–Kier alpha value is -0.560. The molecule has 0 saturated carbocycles. The lowest BCUT2D eigenvalue weighted by Gasteiger charge is -2.21. The van der Waals surface area contributed by atoms with Gasteiger partial charge in [0.2, 0.25) is 0 Å². The lowest BCUT2D eigenvalue weighted by molar-refractivity contribution is 0.297. The second kappa shape index (κ2) is 5.61. The van der Waals surface area contributed by atoms with Gasteiger partial charge in [-0.05, 0) is 41.6 Å². The molecular formula is C13H17IO3S. The van der Waals surface area contributed by atoms with Gasteiger partial charge in [-0.15, -0.1) is 0 Å². The van der Waals surface area contributed by atoms with Crippen molar-refractivity contribution < 1.29 is 12.6 Å². The summed E-state index contributed by atoms with van der Waals surface area (Å²) >= 11 is 1.99. The Kier molecular flexibility index (Phi) is 4.83. The molecule has 3 nitrogen and oxygen atoms in total. The third-order valence-corrected chi connectivity index (χ3v) is 4.16. The smallest absolute Gasteiger partial charge is 0.338 e. The van der Waals surface area contributed by atoms with Crippen LogP contribution < -0.4 is 0 Å². The van der Waals surface area contributed by atoms with Gasteiger partial charge in [0.1, 0.15) is 10.7 Å². The average Bonchev–Trinajstić information content (AvgIpc) is 2.25. The Morgan fingerprint density at radius 1 is 1.22 bits per heavy atom. The molecule has 1 rings (SSSR count). The fourth-order valence-corrected chi connectivity index (χ4v) is 3.51. The summed E-state index contributed by atoms with van der Waals surface area (Å²) in [5.41, 5.74) is 0.660. The first-order chi connectivity index (χ1) is 8.16. The highest BCUT2D eigenvalue weighted by molar-refractivity contribution is 14.1. The average molecular weight is 380 g/mol. The predicted octanol–water partition coefficient (Wildman–Crippen LogP) is 4.02. The van der Waals surface area contributed by atoms with Crippen molar-refractivity contribution in [3.63, 3.8) is 0 Å². The molecule has 0 spiro atoms. The van der Waals surface area contributed by atoms with E-state index in [9.17, 15) is 8.42 Å². The summed E-state index contributed by atoms with van der Waals surface area (Å²) in [4.78, 5) is 0.174. The van der Waals surface area contributed by atoms with Crippen molar-refractivity contribution in [3.8, 4) is 0 Å². The van der Waals surface area contributed by atoms with Crippen molar-refractivity contribution in [3.05, 3.63) is 39.7 Å². The van der Waals surface area contributed by atoms with Crippen LogP contribution in [0.15, 0.2) is 39.0 Å². The van der Waals surface area contributed by atoms with E-state index in [-0.39, 0.29) is 10.3 Å². The number of halogens is 1. The summed E-state index contributed by atoms with van der Waals surface area (Å²) in [5.74, 6) is 0.434. The number of hydrogen-bond donors (Lipinski definition) is 0. The Morgan fingerprint density at radius 2 is 1.72 bits per heavy atom. The van der Waals surface area contributed by atoms with Crippen LogP contribution in [0, 0.1) is 12.3 Å². The summed E-state index contributed by atoms with van der Waals surface area (Å²) in [5, 5.41) is 0. The summed E-state index contributed by atoms with van der Waals surface area (Å²) in [6.07, 6.45) is 0. The van der Waals surface area contributed by atoms with Gasteiger partial charge in [0.25, 0.3) is 0 Å². The van der Waals surface area contributed by atoms with E-state index in [1.807, 2.05) is 50.3 Å². The van der Waals surface area contributed by atoms with Gasteiger partial charge >= 0.3 is 10.1 Å². The number of hydrogen-bond acceptors (Lipinski definition) is 3. The van der Waals surface area contributed by atoms with E-state index in [0.29, 0.717) is 5.76 Å². The molecule has 0 amide bonds. The molecule has 0 atom stereocenters. The van der Waals surface area contributed by atoms with Crippen LogP contribution in [0.4, 0.5) is 0 Å². The quantitative estimate of drug-likeness (QED) is 0.452. The second-order valence-electron chi connectivity index (χ2n) is 5.07. The van der Waals surface area contributed by atoms with Crippen LogP contribution in [0.3, 0.4) is 0 Å². The minimum Gasteiger partial charge on any atom is -0.382 e. The van der Waals surface area contributed by atoms with E-state index < -0.39 is 10.1 Å². The molecule has 100 valence electrons. The first kappa shape index (κ1) is 15.5. The topological polar surface area (TPSA) is 43.4 Å². The summed E-state index contributed by atoms with van der Waals surface area (Å²) < 4.78 is 31.0. The van der Waals surface area contributed by atoms with E-state index in [4.69, 9.17) is 4.18 Å². The van der Waals surface area contributed by atoms with E-state index in [1.165, 1.54) is 0 Å². The highest BCUT2D eigenvalue weighted by atomic mass is 127. The Morgan fingerprint density at radius 3 is 2.11 bits per heavy atom. The molecule has 0 fully saturated rings. The third-order valence-electron chi connectivity index (χ3n) is 2.35. The molecule has 0 saturated heterocycles. The van der Waals surface area contributed by atoms with Gasteiger partial charge in [-0.3, -0.25) is 0 Å². The molecule has 1 aromatic carbocycles. The van der Waals surface area contributed by atoms with Crippen LogP contribution >= 0.6 is 22.6 Å². The second-order valence-corrected chi connectivity index (χ2v) is 7.24. The number of rotatable bonds is 3. The molecule has 0 aromatic heterocycles. The van der Waals surface area contributed by atoms with Crippen molar-refractivity contribution in [1.82, 2.24) is 0 Å². The van der Waals surface area contributed by atoms with Crippen molar-refractivity contribution in [2.45, 2.75) is 32.6 Å². The van der Waals surface area contributed by atoms with E-state index in [2.05, 4.69) is 0 Å². The van der Waals surface area contributed by atoms with Crippen molar-refractivity contribution in [2.75, 3.05) is 0 Å². The molecule has 0 aliphatic carbocycles. The first-order valence-electron chi connectivity index (χ1n) is 5.49. The molecule has 0 N–H and O–H groups in total. The molecule has 0 bridgehead atoms. The fourth-order valence-electron chi connectivity index (χ4n) is 1.18. The molecule has 1 aromatic rings.